The van der Waals surface area contributed by atoms with E-state index in [9.17, 15) is 8.42 Å². The third kappa shape index (κ3) is 3.40. The van der Waals surface area contributed by atoms with Crippen LogP contribution in [0.25, 0.3) is 0 Å². The highest BCUT2D eigenvalue weighted by Crippen LogP contribution is 2.26. The van der Waals surface area contributed by atoms with E-state index in [1.54, 1.807) is 48.5 Å². The van der Waals surface area contributed by atoms with Gasteiger partial charge in [-0.05, 0) is 11.1 Å². The Kier molecular flexibility index (Phi) is 3.76. The summed E-state index contributed by atoms with van der Waals surface area (Å²) in [5.41, 5.74) is 1.31. The van der Waals surface area contributed by atoms with Gasteiger partial charge in [0.1, 0.15) is 6.10 Å². The monoisotopic (exact) mass is 264 g/mol. The second kappa shape index (κ2) is 5.30. The van der Waals surface area contributed by atoms with Gasteiger partial charge in [0.05, 0.1) is 0 Å². The molecule has 1 N–H and O–H groups in total. The van der Waals surface area contributed by atoms with Crippen LogP contribution in [0.5, 0.6) is 0 Å². The zero-order valence-corrected chi connectivity index (χ0v) is 10.2. The summed E-state index contributed by atoms with van der Waals surface area (Å²) in [5, 5.41) is 0. The van der Waals surface area contributed by atoms with Crippen molar-refractivity contribution in [3.8, 4) is 0 Å². The first kappa shape index (κ1) is 12.8. The second-order valence-electron chi connectivity index (χ2n) is 3.73. The fraction of sp³-hybridized carbons (Fsp3) is 0.0769. The van der Waals surface area contributed by atoms with Gasteiger partial charge in [-0.2, -0.15) is 8.42 Å². The molecule has 0 aliphatic carbocycles. The lowest BCUT2D eigenvalue weighted by Crippen LogP contribution is -2.12. The molecule has 0 aromatic heterocycles. The molecule has 5 heteroatoms. The Morgan fingerprint density at radius 1 is 0.833 bits per heavy atom. The summed E-state index contributed by atoms with van der Waals surface area (Å²) >= 11 is 0. The van der Waals surface area contributed by atoms with E-state index in [2.05, 4.69) is 0 Å². The van der Waals surface area contributed by atoms with E-state index < -0.39 is 16.5 Å². The van der Waals surface area contributed by atoms with Crippen molar-refractivity contribution in [2.24, 2.45) is 0 Å². The molecule has 2 aromatic carbocycles. The van der Waals surface area contributed by atoms with Gasteiger partial charge in [-0.3, -0.25) is 4.55 Å². The molecule has 0 radical (unpaired) electrons. The summed E-state index contributed by atoms with van der Waals surface area (Å²) in [6, 6.07) is 17.7. The van der Waals surface area contributed by atoms with Gasteiger partial charge in [0.15, 0.2) is 0 Å². The summed E-state index contributed by atoms with van der Waals surface area (Å²) in [5.74, 6) is 0. The highest BCUT2D eigenvalue weighted by atomic mass is 32.3. The van der Waals surface area contributed by atoms with Crippen LogP contribution in [0.2, 0.25) is 0 Å². The van der Waals surface area contributed by atoms with Crippen molar-refractivity contribution in [2.45, 2.75) is 6.10 Å². The van der Waals surface area contributed by atoms with Crippen molar-refractivity contribution in [3.05, 3.63) is 71.8 Å². The number of benzene rings is 2. The summed E-state index contributed by atoms with van der Waals surface area (Å²) in [7, 11) is -4.52. The van der Waals surface area contributed by atoms with Crippen molar-refractivity contribution in [3.63, 3.8) is 0 Å². The van der Waals surface area contributed by atoms with Crippen LogP contribution in [0.15, 0.2) is 60.7 Å². The van der Waals surface area contributed by atoms with Crippen LogP contribution in [0.1, 0.15) is 17.2 Å². The number of hydrogen-bond acceptors (Lipinski definition) is 3. The number of rotatable bonds is 4. The molecule has 0 saturated heterocycles. The van der Waals surface area contributed by atoms with Crippen molar-refractivity contribution in [2.75, 3.05) is 0 Å². The summed E-state index contributed by atoms with van der Waals surface area (Å²) < 4.78 is 35.4. The van der Waals surface area contributed by atoms with E-state index in [0.717, 1.165) is 0 Å². The lowest BCUT2D eigenvalue weighted by atomic mass is 10.0. The number of hydrogen-bond donors (Lipinski definition) is 1. The van der Waals surface area contributed by atoms with Crippen LogP contribution >= 0.6 is 0 Å². The minimum atomic E-state index is -4.52. The molecule has 0 amide bonds. The Morgan fingerprint density at radius 2 is 1.22 bits per heavy atom. The Hall–Kier alpha value is -1.69. The van der Waals surface area contributed by atoms with Crippen LogP contribution in [0, 0.1) is 0 Å². The molecule has 0 atom stereocenters. The van der Waals surface area contributed by atoms with Crippen LogP contribution in [-0.4, -0.2) is 13.0 Å². The molecule has 94 valence electrons. The van der Waals surface area contributed by atoms with Gasteiger partial charge in [-0.15, -0.1) is 0 Å². The summed E-state index contributed by atoms with van der Waals surface area (Å²) in [6.07, 6.45) is -0.845. The maximum atomic E-state index is 10.9. The molecule has 0 heterocycles. The largest absolute Gasteiger partial charge is 0.398 e. The molecule has 2 rings (SSSR count). The third-order valence-corrected chi connectivity index (χ3v) is 2.86. The normalized spacial score (nSPS) is 11.7. The fourth-order valence-electron chi connectivity index (χ4n) is 1.68. The van der Waals surface area contributed by atoms with Gasteiger partial charge in [0, 0.05) is 0 Å². The average molecular weight is 264 g/mol. The SMILES string of the molecule is O=S(=O)(O)OC(c1ccccc1)c1ccccc1. The van der Waals surface area contributed by atoms with Gasteiger partial charge in [-0.25, -0.2) is 4.18 Å². The molecule has 0 bridgehead atoms. The van der Waals surface area contributed by atoms with E-state index in [4.69, 9.17) is 8.74 Å². The van der Waals surface area contributed by atoms with E-state index in [1.165, 1.54) is 0 Å². The highest BCUT2D eigenvalue weighted by molar-refractivity contribution is 7.80. The average Bonchev–Trinajstić information content (AvgIpc) is 2.37. The minimum Gasteiger partial charge on any atom is -0.264 e. The maximum absolute atomic E-state index is 10.9. The van der Waals surface area contributed by atoms with Crippen molar-refractivity contribution in [1.29, 1.82) is 0 Å². The lowest BCUT2D eigenvalue weighted by molar-refractivity contribution is 0.217. The predicted octanol–water partition coefficient (Wildman–Crippen LogP) is 2.60. The minimum absolute atomic E-state index is 0.654. The molecule has 0 fully saturated rings. The molecule has 0 unspecified atom stereocenters. The standard InChI is InChI=1S/C13H12O4S/c14-18(15,16)17-13(11-7-3-1-4-8-11)12-9-5-2-6-10-12/h1-10,13H,(H,14,15,16). The zero-order chi connectivity index (χ0) is 13.0. The van der Waals surface area contributed by atoms with Crippen LogP contribution < -0.4 is 0 Å². The Bertz CT molecular complexity index is 554. The predicted molar refractivity (Wildman–Crippen MR) is 67.4 cm³/mol. The van der Waals surface area contributed by atoms with E-state index in [0.29, 0.717) is 11.1 Å². The smallest absolute Gasteiger partial charge is 0.264 e. The lowest BCUT2D eigenvalue weighted by Gasteiger charge is -2.16. The van der Waals surface area contributed by atoms with Crippen LogP contribution in [0.4, 0.5) is 0 Å². The first-order valence-corrected chi connectivity index (χ1v) is 6.68. The Morgan fingerprint density at radius 3 is 1.56 bits per heavy atom. The van der Waals surface area contributed by atoms with Gasteiger partial charge >= 0.3 is 10.4 Å². The first-order chi connectivity index (χ1) is 8.56. The van der Waals surface area contributed by atoms with Gasteiger partial charge in [-0.1, -0.05) is 60.7 Å². The van der Waals surface area contributed by atoms with Gasteiger partial charge in [0.25, 0.3) is 0 Å². The van der Waals surface area contributed by atoms with Gasteiger partial charge in [0.2, 0.25) is 0 Å². The quantitative estimate of drug-likeness (QED) is 0.862. The first-order valence-electron chi connectivity index (χ1n) is 5.32. The second-order valence-corrected chi connectivity index (χ2v) is 4.77. The molecule has 4 nitrogen and oxygen atoms in total. The van der Waals surface area contributed by atoms with Crippen LogP contribution in [-0.2, 0) is 14.6 Å². The molecule has 0 spiro atoms. The molecule has 0 aliphatic rings. The van der Waals surface area contributed by atoms with Gasteiger partial charge < -0.3 is 0 Å². The van der Waals surface area contributed by atoms with E-state index in [1.807, 2.05) is 12.1 Å². The maximum Gasteiger partial charge on any atom is 0.398 e. The molecular weight excluding hydrogens is 252 g/mol. The molecule has 18 heavy (non-hydrogen) atoms. The topological polar surface area (TPSA) is 63.6 Å². The van der Waals surface area contributed by atoms with Crippen molar-refractivity contribution in [1.82, 2.24) is 0 Å². The fourth-order valence-corrected chi connectivity index (χ4v) is 2.15. The van der Waals surface area contributed by atoms with Crippen molar-refractivity contribution < 1.29 is 17.2 Å². The summed E-state index contributed by atoms with van der Waals surface area (Å²) in [4.78, 5) is 0. The zero-order valence-electron chi connectivity index (χ0n) is 9.43. The molecule has 0 saturated carbocycles. The third-order valence-electron chi connectivity index (χ3n) is 2.42. The molecular formula is C13H12O4S. The Labute approximate surface area is 106 Å². The molecule has 0 aliphatic heterocycles. The van der Waals surface area contributed by atoms with Crippen LogP contribution in [0.3, 0.4) is 0 Å². The molecule has 2 aromatic rings. The van der Waals surface area contributed by atoms with E-state index in [-0.39, 0.29) is 0 Å². The Balaban J connectivity index is 2.42. The summed E-state index contributed by atoms with van der Waals surface area (Å²) in [6.45, 7) is 0. The van der Waals surface area contributed by atoms with Crippen molar-refractivity contribution >= 4 is 10.4 Å². The highest BCUT2D eigenvalue weighted by Gasteiger charge is 2.20. The van der Waals surface area contributed by atoms with E-state index >= 15 is 0 Å².